The number of nitrogens with zero attached hydrogens (tertiary/aromatic N) is 1. The molecule has 0 aliphatic carbocycles. The van der Waals surface area contributed by atoms with E-state index < -0.39 is 12.0 Å². The first-order valence-electron chi connectivity index (χ1n) is 7.81. The van der Waals surface area contributed by atoms with Gasteiger partial charge in [0.1, 0.15) is 0 Å². The predicted octanol–water partition coefficient (Wildman–Crippen LogP) is 2.73. The van der Waals surface area contributed by atoms with Crippen LogP contribution >= 0.6 is 15.9 Å². The molecule has 6 nitrogen and oxygen atoms in total. The summed E-state index contributed by atoms with van der Waals surface area (Å²) in [4.78, 5) is 26.4. The van der Waals surface area contributed by atoms with Gasteiger partial charge in [-0.2, -0.15) is 0 Å². The number of ether oxygens (including phenoxy) is 1. The van der Waals surface area contributed by atoms with E-state index in [4.69, 9.17) is 9.84 Å². The van der Waals surface area contributed by atoms with Crippen LogP contribution in [-0.2, 0) is 9.53 Å². The summed E-state index contributed by atoms with van der Waals surface area (Å²) in [6, 6.07) is 6.57. The lowest BCUT2D eigenvalue weighted by Gasteiger charge is -2.35. The first kappa shape index (κ1) is 18.5. The molecule has 0 radical (unpaired) electrons. The van der Waals surface area contributed by atoms with Crippen LogP contribution in [0.4, 0.5) is 4.79 Å². The number of aliphatic hydroxyl groups is 1. The van der Waals surface area contributed by atoms with Crippen LogP contribution in [0.1, 0.15) is 31.9 Å². The highest BCUT2D eigenvalue weighted by Crippen LogP contribution is 2.32. The zero-order valence-electron chi connectivity index (χ0n) is 13.7. The van der Waals surface area contributed by atoms with Gasteiger partial charge in [-0.25, -0.2) is 9.59 Å². The molecule has 1 aliphatic heterocycles. The number of benzene rings is 1. The molecule has 0 fully saturated rings. The molecule has 1 aromatic rings. The van der Waals surface area contributed by atoms with Crippen molar-refractivity contribution >= 4 is 27.9 Å². The molecule has 0 saturated carbocycles. The summed E-state index contributed by atoms with van der Waals surface area (Å²) in [6.07, 6.45) is 0.434. The number of carbonyl (C=O) groups is 2. The van der Waals surface area contributed by atoms with E-state index in [2.05, 4.69) is 21.2 Å². The number of esters is 1. The van der Waals surface area contributed by atoms with Crippen molar-refractivity contribution in [1.82, 2.24) is 10.2 Å². The van der Waals surface area contributed by atoms with E-state index in [1.807, 2.05) is 24.3 Å². The Kier molecular flexibility index (Phi) is 6.39. The molecule has 2 amide bonds. The van der Waals surface area contributed by atoms with Crippen LogP contribution in [0.5, 0.6) is 0 Å². The average Bonchev–Trinajstić information content (AvgIpc) is 2.55. The first-order chi connectivity index (χ1) is 11.5. The Morgan fingerprint density at radius 1 is 1.38 bits per heavy atom. The second kappa shape index (κ2) is 8.30. The summed E-state index contributed by atoms with van der Waals surface area (Å²) < 4.78 is 6.10. The Bertz CT molecular complexity index is 642. The Morgan fingerprint density at radius 3 is 2.62 bits per heavy atom. The zero-order chi connectivity index (χ0) is 17.7. The van der Waals surface area contributed by atoms with E-state index >= 15 is 0 Å². The van der Waals surface area contributed by atoms with Crippen molar-refractivity contribution in [3.05, 3.63) is 45.6 Å². The van der Waals surface area contributed by atoms with Crippen LogP contribution in [0.25, 0.3) is 0 Å². The van der Waals surface area contributed by atoms with E-state index in [0.717, 1.165) is 10.0 Å². The minimum Gasteiger partial charge on any atom is -0.463 e. The van der Waals surface area contributed by atoms with E-state index in [1.165, 1.54) is 4.90 Å². The lowest BCUT2D eigenvalue weighted by atomic mass is 9.95. The lowest BCUT2D eigenvalue weighted by molar-refractivity contribution is -0.139. The molecule has 0 spiro atoms. The van der Waals surface area contributed by atoms with Crippen LogP contribution in [0.2, 0.25) is 0 Å². The predicted molar refractivity (Wildman–Crippen MR) is 93.2 cm³/mol. The number of nitrogens with one attached hydrogen (secondary N) is 1. The molecular weight excluding hydrogens is 376 g/mol. The smallest absolute Gasteiger partial charge is 0.338 e. The summed E-state index contributed by atoms with van der Waals surface area (Å²) >= 11 is 3.38. The first-order valence-corrected chi connectivity index (χ1v) is 8.61. The van der Waals surface area contributed by atoms with Gasteiger partial charge in [-0.05, 0) is 38.0 Å². The molecule has 0 saturated heterocycles. The molecule has 0 aromatic heterocycles. The highest BCUT2D eigenvalue weighted by Gasteiger charge is 2.36. The molecule has 1 aliphatic rings. The van der Waals surface area contributed by atoms with Gasteiger partial charge < -0.3 is 15.2 Å². The third-order valence-corrected chi connectivity index (χ3v) is 4.36. The molecule has 1 aromatic carbocycles. The zero-order valence-corrected chi connectivity index (χ0v) is 15.3. The normalized spacial score (nSPS) is 17.8. The van der Waals surface area contributed by atoms with E-state index in [0.29, 0.717) is 24.2 Å². The van der Waals surface area contributed by atoms with Crippen molar-refractivity contribution in [2.45, 2.75) is 26.3 Å². The number of rotatable bonds is 6. The van der Waals surface area contributed by atoms with Gasteiger partial charge in [-0.3, -0.25) is 4.90 Å². The van der Waals surface area contributed by atoms with Crippen molar-refractivity contribution in [2.75, 3.05) is 19.8 Å². The van der Waals surface area contributed by atoms with Gasteiger partial charge in [-0.15, -0.1) is 0 Å². The second-order valence-electron chi connectivity index (χ2n) is 5.38. The summed E-state index contributed by atoms with van der Waals surface area (Å²) in [5.74, 6) is -0.447. The molecular formula is C17H21BrN2O4. The molecule has 2 rings (SSSR count). The molecule has 7 heteroatoms. The van der Waals surface area contributed by atoms with Gasteiger partial charge >= 0.3 is 12.0 Å². The quantitative estimate of drug-likeness (QED) is 0.724. The van der Waals surface area contributed by atoms with E-state index in [1.54, 1.807) is 13.8 Å². The van der Waals surface area contributed by atoms with Crippen molar-refractivity contribution in [2.24, 2.45) is 0 Å². The van der Waals surface area contributed by atoms with Gasteiger partial charge in [0.2, 0.25) is 0 Å². The number of halogens is 1. The molecule has 1 heterocycles. The monoisotopic (exact) mass is 396 g/mol. The highest BCUT2D eigenvalue weighted by atomic mass is 79.9. The SMILES string of the molecule is CCOC(=O)C1=C(C)N(CCCO)C(=O)NC1c1ccc(Br)cc1. The van der Waals surface area contributed by atoms with Gasteiger partial charge in [0.25, 0.3) is 0 Å². The van der Waals surface area contributed by atoms with Crippen LogP contribution in [-0.4, -0.2) is 41.8 Å². The maximum atomic E-state index is 12.5. The van der Waals surface area contributed by atoms with Crippen LogP contribution < -0.4 is 5.32 Å². The molecule has 1 atom stereocenters. The molecule has 2 N–H and O–H groups in total. The Labute approximate surface area is 149 Å². The minimum atomic E-state index is -0.560. The van der Waals surface area contributed by atoms with Gasteiger partial charge in [0.15, 0.2) is 0 Å². The maximum absolute atomic E-state index is 12.5. The number of allylic oxidation sites excluding steroid dienone is 1. The van der Waals surface area contributed by atoms with Gasteiger partial charge in [-0.1, -0.05) is 28.1 Å². The fourth-order valence-electron chi connectivity index (χ4n) is 2.66. The largest absolute Gasteiger partial charge is 0.463 e. The Morgan fingerprint density at radius 2 is 2.04 bits per heavy atom. The summed E-state index contributed by atoms with van der Waals surface area (Å²) in [7, 11) is 0. The Hall–Kier alpha value is -1.86. The lowest BCUT2D eigenvalue weighted by Crippen LogP contribution is -2.48. The second-order valence-corrected chi connectivity index (χ2v) is 6.30. The highest BCUT2D eigenvalue weighted by molar-refractivity contribution is 9.10. The molecule has 24 heavy (non-hydrogen) atoms. The number of carbonyl (C=O) groups excluding carboxylic acids is 2. The standard InChI is InChI=1S/C17H21BrN2O4/c1-3-24-16(22)14-11(2)20(9-4-10-21)17(23)19-15(14)12-5-7-13(18)8-6-12/h5-8,15,21H,3-4,9-10H2,1-2H3,(H,19,23). The fourth-order valence-corrected chi connectivity index (χ4v) is 2.92. The van der Waals surface area contributed by atoms with Crippen LogP contribution in [0, 0.1) is 0 Å². The van der Waals surface area contributed by atoms with Crippen LogP contribution in [0.15, 0.2) is 40.0 Å². The number of urea groups is 1. The minimum absolute atomic E-state index is 0.0259. The topological polar surface area (TPSA) is 78.9 Å². The Balaban J connectivity index is 2.45. The van der Waals surface area contributed by atoms with E-state index in [9.17, 15) is 9.59 Å². The summed E-state index contributed by atoms with van der Waals surface area (Å²) in [5.41, 5.74) is 1.77. The fraction of sp³-hybridized carbons (Fsp3) is 0.412. The third kappa shape index (κ3) is 3.96. The van der Waals surface area contributed by atoms with Crippen molar-refractivity contribution < 1.29 is 19.4 Å². The molecule has 1 unspecified atom stereocenters. The number of amides is 2. The van der Waals surface area contributed by atoms with Gasteiger partial charge in [0.05, 0.1) is 18.2 Å². The maximum Gasteiger partial charge on any atom is 0.338 e. The van der Waals surface area contributed by atoms with Gasteiger partial charge in [0, 0.05) is 23.3 Å². The number of hydrogen-bond donors (Lipinski definition) is 2. The van der Waals surface area contributed by atoms with Crippen molar-refractivity contribution in [3.8, 4) is 0 Å². The third-order valence-electron chi connectivity index (χ3n) is 3.83. The average molecular weight is 397 g/mol. The summed E-state index contributed by atoms with van der Waals surface area (Å²) in [6.45, 7) is 4.04. The van der Waals surface area contributed by atoms with Crippen molar-refractivity contribution in [1.29, 1.82) is 0 Å². The number of hydrogen-bond acceptors (Lipinski definition) is 4. The molecule has 0 bridgehead atoms. The summed E-state index contributed by atoms with van der Waals surface area (Å²) in [5, 5.41) is 11.9. The molecule has 130 valence electrons. The number of aliphatic hydroxyl groups excluding tert-OH is 1. The van der Waals surface area contributed by atoms with Crippen LogP contribution in [0.3, 0.4) is 0 Å². The van der Waals surface area contributed by atoms with Crippen molar-refractivity contribution in [3.63, 3.8) is 0 Å². The van der Waals surface area contributed by atoms with E-state index in [-0.39, 0.29) is 19.2 Å².